The molecule has 0 aliphatic heterocycles. The SMILES string of the molecule is Cl.OCCNCc1cnc(-c2ccccc2)nc1. The Labute approximate surface area is 113 Å². The monoisotopic (exact) mass is 265 g/mol. The van der Waals surface area contributed by atoms with Crippen molar-refractivity contribution in [3.63, 3.8) is 0 Å². The maximum Gasteiger partial charge on any atom is 0.159 e. The highest BCUT2D eigenvalue weighted by atomic mass is 35.5. The van der Waals surface area contributed by atoms with Crippen LogP contribution in [-0.2, 0) is 6.54 Å². The molecule has 0 aliphatic rings. The highest BCUT2D eigenvalue weighted by Crippen LogP contribution is 2.12. The summed E-state index contributed by atoms with van der Waals surface area (Å²) in [6.07, 6.45) is 3.61. The summed E-state index contributed by atoms with van der Waals surface area (Å²) in [5.41, 5.74) is 2.03. The van der Waals surface area contributed by atoms with E-state index in [1.54, 1.807) is 12.4 Å². The van der Waals surface area contributed by atoms with Crippen molar-refractivity contribution >= 4 is 12.4 Å². The van der Waals surface area contributed by atoms with Crippen LogP contribution in [0.15, 0.2) is 42.7 Å². The minimum absolute atomic E-state index is 0. The summed E-state index contributed by atoms with van der Waals surface area (Å²) in [4.78, 5) is 8.63. The fraction of sp³-hybridized carbons (Fsp3) is 0.231. The quantitative estimate of drug-likeness (QED) is 0.807. The fourth-order valence-corrected chi connectivity index (χ4v) is 1.49. The first-order chi connectivity index (χ1) is 8.40. The van der Waals surface area contributed by atoms with Gasteiger partial charge in [0.2, 0.25) is 0 Å². The van der Waals surface area contributed by atoms with Crippen LogP contribution in [0.5, 0.6) is 0 Å². The van der Waals surface area contributed by atoms with Gasteiger partial charge in [-0.1, -0.05) is 30.3 Å². The smallest absolute Gasteiger partial charge is 0.159 e. The molecule has 5 heteroatoms. The Balaban J connectivity index is 0.00000162. The molecule has 0 radical (unpaired) electrons. The molecule has 0 unspecified atom stereocenters. The Hall–Kier alpha value is -1.49. The maximum atomic E-state index is 8.64. The predicted molar refractivity (Wildman–Crippen MR) is 73.5 cm³/mol. The zero-order valence-electron chi connectivity index (χ0n) is 9.91. The average Bonchev–Trinajstić information content (AvgIpc) is 2.41. The molecule has 0 saturated heterocycles. The average molecular weight is 266 g/mol. The summed E-state index contributed by atoms with van der Waals surface area (Å²) in [6.45, 7) is 1.40. The standard InChI is InChI=1S/C13H15N3O.ClH/c17-7-6-14-8-11-9-15-13(16-10-11)12-4-2-1-3-5-12;/h1-5,9-10,14,17H,6-8H2;1H. The van der Waals surface area contributed by atoms with Gasteiger partial charge in [0.25, 0.3) is 0 Å². The maximum absolute atomic E-state index is 8.64. The van der Waals surface area contributed by atoms with Crippen molar-refractivity contribution in [3.8, 4) is 11.4 Å². The number of nitrogens with zero attached hydrogens (tertiary/aromatic N) is 2. The Kier molecular flexibility index (Phi) is 6.28. The molecule has 2 rings (SSSR count). The number of hydrogen-bond donors (Lipinski definition) is 2. The number of aliphatic hydroxyl groups excluding tert-OH is 1. The third-order valence-electron chi connectivity index (χ3n) is 2.36. The van der Waals surface area contributed by atoms with Gasteiger partial charge in [0, 0.05) is 36.6 Å². The minimum Gasteiger partial charge on any atom is -0.395 e. The molecule has 1 aromatic carbocycles. The highest BCUT2D eigenvalue weighted by Gasteiger charge is 2.00. The van der Waals surface area contributed by atoms with Gasteiger partial charge in [-0.3, -0.25) is 0 Å². The first-order valence-electron chi connectivity index (χ1n) is 5.58. The van der Waals surface area contributed by atoms with Crippen molar-refractivity contribution in [3.05, 3.63) is 48.3 Å². The molecule has 0 spiro atoms. The first kappa shape index (κ1) is 14.6. The number of benzene rings is 1. The van der Waals surface area contributed by atoms with Gasteiger partial charge in [-0.15, -0.1) is 12.4 Å². The van der Waals surface area contributed by atoms with E-state index in [1.165, 1.54) is 0 Å². The molecule has 96 valence electrons. The van der Waals surface area contributed by atoms with E-state index < -0.39 is 0 Å². The van der Waals surface area contributed by atoms with Crippen molar-refractivity contribution in [1.29, 1.82) is 0 Å². The van der Waals surface area contributed by atoms with E-state index in [0.29, 0.717) is 13.1 Å². The molecule has 0 amide bonds. The van der Waals surface area contributed by atoms with Gasteiger partial charge < -0.3 is 10.4 Å². The lowest BCUT2D eigenvalue weighted by atomic mass is 10.2. The summed E-state index contributed by atoms with van der Waals surface area (Å²) in [5, 5.41) is 11.7. The highest BCUT2D eigenvalue weighted by molar-refractivity contribution is 5.85. The molecule has 0 saturated carbocycles. The lowest BCUT2D eigenvalue weighted by molar-refractivity contribution is 0.292. The van der Waals surface area contributed by atoms with E-state index in [2.05, 4.69) is 15.3 Å². The van der Waals surface area contributed by atoms with Crippen molar-refractivity contribution in [1.82, 2.24) is 15.3 Å². The Morgan fingerprint density at radius 1 is 1.06 bits per heavy atom. The van der Waals surface area contributed by atoms with Gasteiger partial charge in [0.15, 0.2) is 5.82 Å². The van der Waals surface area contributed by atoms with Crippen molar-refractivity contribution in [2.24, 2.45) is 0 Å². The van der Waals surface area contributed by atoms with Crippen LogP contribution in [0.25, 0.3) is 11.4 Å². The van der Waals surface area contributed by atoms with Crippen molar-refractivity contribution in [2.45, 2.75) is 6.54 Å². The van der Waals surface area contributed by atoms with Crippen LogP contribution in [-0.4, -0.2) is 28.2 Å². The number of aromatic nitrogens is 2. The van der Waals surface area contributed by atoms with Gasteiger partial charge in [-0.25, -0.2) is 9.97 Å². The molecular weight excluding hydrogens is 250 g/mol. The molecule has 2 aromatic rings. The molecule has 0 fully saturated rings. The van der Waals surface area contributed by atoms with E-state index >= 15 is 0 Å². The second-order valence-electron chi connectivity index (χ2n) is 3.68. The third-order valence-corrected chi connectivity index (χ3v) is 2.36. The largest absolute Gasteiger partial charge is 0.395 e. The molecule has 1 aromatic heterocycles. The summed E-state index contributed by atoms with van der Waals surface area (Å²) in [6, 6.07) is 9.87. The lowest BCUT2D eigenvalue weighted by Crippen LogP contribution is -2.17. The minimum atomic E-state index is 0. The summed E-state index contributed by atoms with van der Waals surface area (Å²) >= 11 is 0. The Morgan fingerprint density at radius 3 is 2.33 bits per heavy atom. The predicted octanol–water partition coefficient (Wildman–Crippen LogP) is 1.65. The molecule has 0 aliphatic carbocycles. The van der Waals surface area contributed by atoms with Crippen molar-refractivity contribution in [2.75, 3.05) is 13.2 Å². The fourth-order valence-electron chi connectivity index (χ4n) is 1.49. The van der Waals surface area contributed by atoms with E-state index in [9.17, 15) is 0 Å². The number of rotatable bonds is 5. The molecule has 4 nitrogen and oxygen atoms in total. The van der Waals surface area contributed by atoms with Crippen LogP contribution in [0.2, 0.25) is 0 Å². The number of aliphatic hydroxyl groups is 1. The molecule has 1 heterocycles. The molecule has 2 N–H and O–H groups in total. The van der Waals surface area contributed by atoms with E-state index in [1.807, 2.05) is 30.3 Å². The van der Waals surface area contributed by atoms with Crippen LogP contribution >= 0.6 is 12.4 Å². The summed E-state index contributed by atoms with van der Waals surface area (Å²) < 4.78 is 0. The van der Waals surface area contributed by atoms with E-state index in [4.69, 9.17) is 5.11 Å². The van der Waals surface area contributed by atoms with Gasteiger partial charge in [0.05, 0.1) is 6.61 Å². The number of nitrogens with one attached hydrogen (secondary N) is 1. The van der Waals surface area contributed by atoms with Crippen LogP contribution in [0.4, 0.5) is 0 Å². The molecule has 0 bridgehead atoms. The normalized spacial score (nSPS) is 9.83. The molecule has 0 atom stereocenters. The van der Waals surface area contributed by atoms with Crippen LogP contribution in [0.3, 0.4) is 0 Å². The van der Waals surface area contributed by atoms with Crippen LogP contribution in [0, 0.1) is 0 Å². The lowest BCUT2D eigenvalue weighted by Gasteiger charge is -2.03. The summed E-state index contributed by atoms with van der Waals surface area (Å²) in [7, 11) is 0. The summed E-state index contributed by atoms with van der Waals surface area (Å²) in [5.74, 6) is 0.733. The van der Waals surface area contributed by atoms with Crippen LogP contribution < -0.4 is 5.32 Å². The third kappa shape index (κ3) is 4.07. The second-order valence-corrected chi connectivity index (χ2v) is 3.68. The van der Waals surface area contributed by atoms with E-state index in [0.717, 1.165) is 17.0 Å². The zero-order chi connectivity index (χ0) is 11.9. The van der Waals surface area contributed by atoms with Gasteiger partial charge in [-0.2, -0.15) is 0 Å². The Morgan fingerprint density at radius 2 is 1.72 bits per heavy atom. The Bertz CT molecular complexity index is 448. The van der Waals surface area contributed by atoms with Crippen molar-refractivity contribution < 1.29 is 5.11 Å². The molecule has 18 heavy (non-hydrogen) atoms. The van der Waals surface area contributed by atoms with Gasteiger partial charge in [-0.05, 0) is 0 Å². The van der Waals surface area contributed by atoms with Gasteiger partial charge in [0.1, 0.15) is 0 Å². The number of hydrogen-bond acceptors (Lipinski definition) is 4. The first-order valence-corrected chi connectivity index (χ1v) is 5.58. The van der Waals surface area contributed by atoms with Gasteiger partial charge >= 0.3 is 0 Å². The topological polar surface area (TPSA) is 58.0 Å². The zero-order valence-corrected chi connectivity index (χ0v) is 10.7. The second kappa shape index (κ2) is 7.76. The van der Waals surface area contributed by atoms with E-state index in [-0.39, 0.29) is 19.0 Å². The molecular formula is C13H16ClN3O. The van der Waals surface area contributed by atoms with Crippen LogP contribution in [0.1, 0.15) is 5.56 Å². The number of halogens is 1.